The van der Waals surface area contributed by atoms with E-state index in [2.05, 4.69) is 23.4 Å². The van der Waals surface area contributed by atoms with Gasteiger partial charge in [0.25, 0.3) is 0 Å². The van der Waals surface area contributed by atoms with E-state index in [0.717, 1.165) is 6.42 Å². The molecule has 0 radical (unpaired) electrons. The second-order valence-electron chi connectivity index (χ2n) is 4.10. The highest BCUT2D eigenvalue weighted by Gasteiger charge is 2.39. The maximum atomic E-state index is 8.98. The summed E-state index contributed by atoms with van der Waals surface area (Å²) in [4.78, 5) is 4.15. The second kappa shape index (κ2) is 3.14. The van der Waals surface area contributed by atoms with Crippen LogP contribution < -0.4 is 0 Å². The Morgan fingerprint density at radius 3 is 3.00 bits per heavy atom. The molecule has 0 bridgehead atoms. The zero-order chi connectivity index (χ0) is 9.42. The number of aliphatic hydroxyl groups excluding tert-OH is 1. The van der Waals surface area contributed by atoms with Crippen LogP contribution in [0.3, 0.4) is 0 Å². The van der Waals surface area contributed by atoms with E-state index in [1.165, 1.54) is 5.69 Å². The van der Waals surface area contributed by atoms with Crippen LogP contribution in [0.4, 0.5) is 0 Å². The average Bonchev–Trinajstić information content (AvgIpc) is 2.72. The minimum Gasteiger partial charge on any atom is -0.396 e. The van der Waals surface area contributed by atoms with Gasteiger partial charge >= 0.3 is 0 Å². The Kier molecular flexibility index (Phi) is 2.12. The van der Waals surface area contributed by atoms with Crippen LogP contribution in [0.2, 0.25) is 0 Å². The first-order chi connectivity index (χ1) is 6.24. The molecule has 1 aromatic rings. The Morgan fingerprint density at radius 2 is 2.46 bits per heavy atom. The predicted molar refractivity (Wildman–Crippen MR) is 50.5 cm³/mol. The number of nitrogens with zero attached hydrogens (tertiary/aromatic N) is 2. The molecule has 13 heavy (non-hydrogen) atoms. The van der Waals surface area contributed by atoms with E-state index in [1.54, 1.807) is 0 Å². The van der Waals surface area contributed by atoms with Gasteiger partial charge in [0.05, 0.1) is 6.33 Å². The topological polar surface area (TPSA) is 38.0 Å². The van der Waals surface area contributed by atoms with Gasteiger partial charge < -0.3 is 9.67 Å². The first-order valence-corrected chi connectivity index (χ1v) is 4.86. The van der Waals surface area contributed by atoms with Crippen molar-refractivity contribution in [3.63, 3.8) is 0 Å². The molecule has 1 aromatic heterocycles. The Balaban J connectivity index is 2.17. The van der Waals surface area contributed by atoms with Gasteiger partial charge in [-0.3, -0.25) is 0 Å². The number of hydrogen-bond donors (Lipinski definition) is 1. The van der Waals surface area contributed by atoms with Crippen LogP contribution in [-0.4, -0.2) is 21.3 Å². The van der Waals surface area contributed by atoms with Crippen molar-refractivity contribution in [2.75, 3.05) is 6.61 Å². The van der Waals surface area contributed by atoms with Crippen molar-refractivity contribution in [3.05, 3.63) is 18.2 Å². The molecular weight excluding hydrogens is 164 g/mol. The van der Waals surface area contributed by atoms with Gasteiger partial charge in [0, 0.05) is 30.5 Å². The van der Waals surface area contributed by atoms with Crippen LogP contribution in [0.15, 0.2) is 12.5 Å². The molecule has 1 heterocycles. The van der Waals surface area contributed by atoms with Crippen molar-refractivity contribution >= 4 is 0 Å². The number of imidazole rings is 1. The van der Waals surface area contributed by atoms with E-state index in [0.29, 0.717) is 24.5 Å². The second-order valence-corrected chi connectivity index (χ2v) is 4.10. The van der Waals surface area contributed by atoms with E-state index in [9.17, 15) is 0 Å². The highest BCUT2D eigenvalue weighted by Crippen LogP contribution is 2.47. The number of aromatic nitrogens is 2. The number of hydrogen-bond acceptors (Lipinski definition) is 2. The van der Waals surface area contributed by atoms with Gasteiger partial charge in [-0.2, -0.15) is 0 Å². The molecule has 72 valence electrons. The van der Waals surface area contributed by atoms with Gasteiger partial charge in [-0.1, -0.05) is 0 Å². The minimum atomic E-state index is 0.313. The third kappa shape index (κ3) is 1.48. The van der Waals surface area contributed by atoms with E-state index in [4.69, 9.17) is 5.11 Å². The van der Waals surface area contributed by atoms with Crippen LogP contribution in [-0.2, 0) is 0 Å². The summed E-state index contributed by atoms with van der Waals surface area (Å²) in [7, 11) is 0. The molecule has 3 nitrogen and oxygen atoms in total. The fourth-order valence-electron chi connectivity index (χ4n) is 1.85. The summed E-state index contributed by atoms with van der Waals surface area (Å²) in [5.41, 5.74) is 1.29. The third-order valence-corrected chi connectivity index (χ3v) is 2.79. The Labute approximate surface area is 78.4 Å². The van der Waals surface area contributed by atoms with Gasteiger partial charge in [-0.05, 0) is 26.2 Å². The Morgan fingerprint density at radius 1 is 1.69 bits per heavy atom. The first-order valence-electron chi connectivity index (χ1n) is 4.86. The molecule has 2 atom stereocenters. The largest absolute Gasteiger partial charge is 0.396 e. The maximum absolute atomic E-state index is 8.98. The lowest BCUT2D eigenvalue weighted by Crippen LogP contribution is -2.04. The van der Waals surface area contributed by atoms with Gasteiger partial charge in [-0.25, -0.2) is 4.98 Å². The summed E-state index contributed by atoms with van der Waals surface area (Å²) < 4.78 is 2.19. The van der Waals surface area contributed by atoms with Crippen LogP contribution in [0.5, 0.6) is 0 Å². The molecule has 1 saturated carbocycles. The minimum absolute atomic E-state index is 0.313. The zero-order valence-electron chi connectivity index (χ0n) is 8.14. The lowest BCUT2D eigenvalue weighted by molar-refractivity contribution is 0.273. The molecule has 2 unspecified atom stereocenters. The molecular formula is C10H16N2O. The number of rotatable bonds is 3. The van der Waals surface area contributed by atoms with Crippen LogP contribution in [0.1, 0.15) is 37.9 Å². The van der Waals surface area contributed by atoms with E-state index in [-0.39, 0.29) is 0 Å². The van der Waals surface area contributed by atoms with Crippen LogP contribution in [0.25, 0.3) is 0 Å². The summed E-state index contributed by atoms with van der Waals surface area (Å²) >= 11 is 0. The average molecular weight is 180 g/mol. The summed E-state index contributed by atoms with van der Waals surface area (Å²) in [6.45, 7) is 4.62. The molecule has 1 aliphatic rings. The van der Waals surface area contributed by atoms with Gasteiger partial charge in [0.15, 0.2) is 0 Å². The van der Waals surface area contributed by atoms with Crippen molar-refractivity contribution in [2.45, 2.75) is 32.2 Å². The van der Waals surface area contributed by atoms with E-state index < -0.39 is 0 Å². The molecule has 0 aliphatic heterocycles. The standard InChI is InChI=1S/C10H16N2O/c1-7(2)12-6-11-4-10(12)9-3-8(9)5-13/h4,6-9,13H,3,5H2,1-2H3. The summed E-state index contributed by atoms with van der Waals surface area (Å²) in [6.07, 6.45) is 4.93. The fraction of sp³-hybridized carbons (Fsp3) is 0.700. The smallest absolute Gasteiger partial charge is 0.0950 e. The molecule has 0 saturated heterocycles. The predicted octanol–water partition coefficient (Wildman–Crippen LogP) is 1.56. The Bertz CT molecular complexity index is 293. The molecule has 0 spiro atoms. The molecule has 1 fully saturated rings. The molecule has 0 amide bonds. The maximum Gasteiger partial charge on any atom is 0.0950 e. The van der Waals surface area contributed by atoms with Crippen LogP contribution in [0, 0.1) is 5.92 Å². The van der Waals surface area contributed by atoms with Crippen molar-refractivity contribution in [1.82, 2.24) is 9.55 Å². The molecule has 1 aliphatic carbocycles. The van der Waals surface area contributed by atoms with E-state index >= 15 is 0 Å². The van der Waals surface area contributed by atoms with Crippen molar-refractivity contribution < 1.29 is 5.11 Å². The SMILES string of the molecule is CC(C)n1cncc1C1CC1CO. The summed E-state index contributed by atoms with van der Waals surface area (Å²) in [5.74, 6) is 1.03. The van der Waals surface area contributed by atoms with Crippen LogP contribution >= 0.6 is 0 Å². The molecule has 3 heteroatoms. The summed E-state index contributed by atoms with van der Waals surface area (Å²) in [5, 5.41) is 8.98. The molecule has 1 N–H and O–H groups in total. The first kappa shape index (κ1) is 8.75. The summed E-state index contributed by atoms with van der Waals surface area (Å²) in [6, 6.07) is 0.470. The number of aliphatic hydroxyl groups is 1. The lowest BCUT2D eigenvalue weighted by Gasteiger charge is -2.10. The monoisotopic (exact) mass is 180 g/mol. The molecule has 2 rings (SSSR count). The quantitative estimate of drug-likeness (QED) is 0.766. The highest BCUT2D eigenvalue weighted by molar-refractivity contribution is 5.17. The highest BCUT2D eigenvalue weighted by atomic mass is 16.3. The van der Waals surface area contributed by atoms with Gasteiger partial charge in [-0.15, -0.1) is 0 Å². The van der Waals surface area contributed by atoms with Gasteiger partial charge in [0.2, 0.25) is 0 Å². The lowest BCUT2D eigenvalue weighted by atomic mass is 10.2. The van der Waals surface area contributed by atoms with Crippen molar-refractivity contribution in [2.24, 2.45) is 5.92 Å². The van der Waals surface area contributed by atoms with Gasteiger partial charge in [0.1, 0.15) is 0 Å². The fourth-order valence-corrected chi connectivity index (χ4v) is 1.85. The van der Waals surface area contributed by atoms with Crippen molar-refractivity contribution in [3.8, 4) is 0 Å². The van der Waals surface area contributed by atoms with E-state index in [1.807, 2.05) is 12.5 Å². The third-order valence-electron chi connectivity index (χ3n) is 2.79. The normalized spacial score (nSPS) is 26.8. The Hall–Kier alpha value is -0.830. The molecule has 0 aromatic carbocycles. The zero-order valence-corrected chi connectivity index (χ0v) is 8.14. The van der Waals surface area contributed by atoms with Crippen molar-refractivity contribution in [1.29, 1.82) is 0 Å².